The molecule has 1 aromatic heterocycles. The summed E-state index contributed by atoms with van der Waals surface area (Å²) >= 11 is 0. The second kappa shape index (κ2) is 9.14. The Bertz CT molecular complexity index is 1250. The lowest BCUT2D eigenvalue weighted by Gasteiger charge is -2.26. The van der Waals surface area contributed by atoms with E-state index >= 15 is 0 Å². The van der Waals surface area contributed by atoms with Gasteiger partial charge in [0.1, 0.15) is 15.7 Å². The van der Waals surface area contributed by atoms with Crippen LogP contribution in [0, 0.1) is 5.82 Å². The van der Waals surface area contributed by atoms with Crippen molar-refractivity contribution < 1.29 is 36.7 Å². The van der Waals surface area contributed by atoms with E-state index in [1.54, 1.807) is 6.92 Å². The summed E-state index contributed by atoms with van der Waals surface area (Å²) in [4.78, 5) is 43.0. The fourth-order valence-electron chi connectivity index (χ4n) is 3.52. The number of benzene rings is 1. The van der Waals surface area contributed by atoms with E-state index in [0.717, 1.165) is 18.4 Å². The predicted octanol–water partition coefficient (Wildman–Crippen LogP) is 1.97. The molecule has 3 amide bonds. The van der Waals surface area contributed by atoms with Gasteiger partial charge in [-0.15, -0.1) is 0 Å². The predicted molar refractivity (Wildman–Crippen MR) is 116 cm³/mol. The Balaban J connectivity index is 2.16. The standard InChI is InChI=1S/C21H22FN3O7S/c1-5-32-19-17(31-3)7-6-14(24-19)16(10-33(4,29)30)25-20(27)13-8-12(22)9-15(23-11(2)26)18(13)21(25)28/h6-9,16H,5,10H2,1-4H3,(H,23,26)/t16-/m0/s1. The van der Waals surface area contributed by atoms with E-state index in [4.69, 9.17) is 9.47 Å². The maximum atomic E-state index is 14.1. The Hall–Kier alpha value is -3.54. The van der Waals surface area contributed by atoms with Gasteiger partial charge in [-0.05, 0) is 31.2 Å². The number of methoxy groups -OCH3 is 1. The van der Waals surface area contributed by atoms with Crippen molar-refractivity contribution in [1.82, 2.24) is 9.88 Å². The number of imide groups is 1. The molecule has 10 nitrogen and oxygen atoms in total. The van der Waals surface area contributed by atoms with Crippen LogP contribution < -0.4 is 14.8 Å². The van der Waals surface area contributed by atoms with Gasteiger partial charge < -0.3 is 14.8 Å². The molecule has 2 aromatic rings. The number of nitrogens with one attached hydrogen (secondary N) is 1. The smallest absolute Gasteiger partial charge is 0.264 e. The number of ether oxygens (including phenoxy) is 2. The zero-order valence-electron chi connectivity index (χ0n) is 18.3. The molecule has 0 saturated carbocycles. The molecule has 0 spiro atoms. The highest BCUT2D eigenvalue weighted by Gasteiger charge is 2.44. The molecule has 1 aliphatic rings. The molecular formula is C21H22FN3O7S. The van der Waals surface area contributed by atoms with E-state index in [1.165, 1.54) is 26.2 Å². The molecule has 0 fully saturated rings. The Labute approximate surface area is 189 Å². The number of sulfone groups is 1. The summed E-state index contributed by atoms with van der Waals surface area (Å²) < 4.78 is 49.2. The van der Waals surface area contributed by atoms with Gasteiger partial charge in [0.05, 0.1) is 48.0 Å². The summed E-state index contributed by atoms with van der Waals surface area (Å²) in [7, 11) is -2.32. The van der Waals surface area contributed by atoms with Crippen LogP contribution in [-0.2, 0) is 14.6 Å². The second-order valence-corrected chi connectivity index (χ2v) is 9.51. The summed E-state index contributed by atoms with van der Waals surface area (Å²) in [6.45, 7) is 3.11. The minimum absolute atomic E-state index is 0.0533. The number of aromatic nitrogens is 1. The highest BCUT2D eigenvalue weighted by Crippen LogP contribution is 2.37. The molecule has 0 aliphatic carbocycles. The number of anilines is 1. The molecule has 1 aromatic carbocycles. The largest absolute Gasteiger partial charge is 0.491 e. The summed E-state index contributed by atoms with van der Waals surface area (Å²) in [5, 5.41) is 2.34. The summed E-state index contributed by atoms with van der Waals surface area (Å²) in [6.07, 6.45) is 0.952. The number of carbonyl (C=O) groups excluding carboxylic acids is 3. The van der Waals surface area contributed by atoms with Crippen LogP contribution in [0.2, 0.25) is 0 Å². The van der Waals surface area contributed by atoms with Crippen molar-refractivity contribution in [2.24, 2.45) is 0 Å². The van der Waals surface area contributed by atoms with Crippen LogP contribution in [0.3, 0.4) is 0 Å². The molecule has 0 unspecified atom stereocenters. The maximum Gasteiger partial charge on any atom is 0.264 e. The lowest BCUT2D eigenvalue weighted by Crippen LogP contribution is -2.38. The highest BCUT2D eigenvalue weighted by atomic mass is 32.2. The summed E-state index contributed by atoms with van der Waals surface area (Å²) in [5.74, 6) is -3.53. The molecule has 3 rings (SSSR count). The van der Waals surface area contributed by atoms with Gasteiger partial charge >= 0.3 is 0 Å². The first-order chi connectivity index (χ1) is 15.5. The number of halogens is 1. The van der Waals surface area contributed by atoms with Crippen molar-refractivity contribution in [1.29, 1.82) is 0 Å². The molecular weight excluding hydrogens is 457 g/mol. The third kappa shape index (κ3) is 4.95. The quantitative estimate of drug-likeness (QED) is 0.569. The van der Waals surface area contributed by atoms with E-state index in [-0.39, 0.29) is 40.7 Å². The van der Waals surface area contributed by atoms with E-state index in [9.17, 15) is 27.2 Å². The number of carbonyl (C=O) groups is 3. The topological polar surface area (TPSA) is 132 Å². The fraction of sp³-hybridized carbons (Fsp3) is 0.333. The van der Waals surface area contributed by atoms with E-state index in [2.05, 4.69) is 10.3 Å². The monoisotopic (exact) mass is 479 g/mol. The Kier molecular flexibility index (Phi) is 6.68. The molecule has 33 heavy (non-hydrogen) atoms. The van der Waals surface area contributed by atoms with Crippen LogP contribution in [0.5, 0.6) is 11.6 Å². The molecule has 1 aliphatic heterocycles. The first-order valence-corrected chi connectivity index (χ1v) is 11.9. The van der Waals surface area contributed by atoms with E-state index < -0.39 is 45.2 Å². The van der Waals surface area contributed by atoms with Gasteiger partial charge in [-0.1, -0.05) is 0 Å². The van der Waals surface area contributed by atoms with E-state index in [1.807, 2.05) is 0 Å². The summed E-state index contributed by atoms with van der Waals surface area (Å²) in [5.41, 5.74) is -0.649. The average molecular weight is 479 g/mol. The maximum absolute atomic E-state index is 14.1. The molecule has 0 saturated heterocycles. The highest BCUT2D eigenvalue weighted by molar-refractivity contribution is 7.90. The van der Waals surface area contributed by atoms with Crippen LogP contribution in [0.4, 0.5) is 10.1 Å². The van der Waals surface area contributed by atoms with Crippen LogP contribution in [-0.4, -0.2) is 61.7 Å². The number of hydrogen-bond donors (Lipinski definition) is 1. The zero-order valence-corrected chi connectivity index (χ0v) is 19.2. The van der Waals surface area contributed by atoms with Crippen LogP contribution in [0.15, 0.2) is 24.3 Å². The van der Waals surface area contributed by atoms with Crippen LogP contribution in [0.25, 0.3) is 0 Å². The second-order valence-electron chi connectivity index (χ2n) is 7.32. The lowest BCUT2D eigenvalue weighted by atomic mass is 10.1. The number of rotatable bonds is 8. The Morgan fingerprint density at radius 3 is 2.52 bits per heavy atom. The first-order valence-electron chi connectivity index (χ1n) is 9.81. The molecule has 1 atom stereocenters. The average Bonchev–Trinajstić information content (AvgIpc) is 2.95. The molecule has 12 heteroatoms. The normalized spacial score (nSPS) is 14.2. The van der Waals surface area contributed by atoms with Gasteiger partial charge in [-0.25, -0.2) is 17.8 Å². The zero-order chi connectivity index (χ0) is 24.5. The number of amides is 3. The lowest BCUT2D eigenvalue weighted by molar-refractivity contribution is -0.114. The molecule has 1 N–H and O–H groups in total. The van der Waals surface area contributed by atoms with Gasteiger partial charge in [-0.2, -0.15) is 0 Å². The van der Waals surface area contributed by atoms with E-state index in [0.29, 0.717) is 4.90 Å². The Morgan fingerprint density at radius 2 is 1.94 bits per heavy atom. The third-order valence-electron chi connectivity index (χ3n) is 4.76. The molecule has 0 radical (unpaired) electrons. The molecule has 0 bridgehead atoms. The molecule has 176 valence electrons. The summed E-state index contributed by atoms with van der Waals surface area (Å²) in [6, 6.07) is 3.33. The number of fused-ring (bicyclic) bond motifs is 1. The van der Waals surface area contributed by atoms with Gasteiger partial charge in [0.25, 0.3) is 17.7 Å². The van der Waals surface area contributed by atoms with Crippen molar-refractivity contribution in [3.63, 3.8) is 0 Å². The minimum Gasteiger partial charge on any atom is -0.491 e. The van der Waals surface area contributed by atoms with Crippen LogP contribution in [0.1, 0.15) is 46.3 Å². The first kappa shape index (κ1) is 24.1. The van der Waals surface area contributed by atoms with Crippen molar-refractivity contribution in [2.75, 3.05) is 31.0 Å². The van der Waals surface area contributed by atoms with Crippen molar-refractivity contribution in [3.8, 4) is 11.6 Å². The SMILES string of the molecule is CCOc1nc([C@H](CS(C)(=O)=O)N2C(=O)c3cc(F)cc(NC(C)=O)c3C2=O)ccc1OC. The number of nitrogens with zero attached hydrogens (tertiary/aromatic N) is 2. The van der Waals surface area contributed by atoms with Crippen molar-refractivity contribution in [3.05, 3.63) is 46.9 Å². The Morgan fingerprint density at radius 1 is 1.24 bits per heavy atom. The van der Waals surface area contributed by atoms with Crippen molar-refractivity contribution >= 4 is 33.2 Å². The minimum atomic E-state index is -3.72. The van der Waals surface area contributed by atoms with Crippen LogP contribution >= 0.6 is 0 Å². The van der Waals surface area contributed by atoms with Gasteiger partial charge in [-0.3, -0.25) is 19.3 Å². The van der Waals surface area contributed by atoms with Gasteiger partial charge in [0.2, 0.25) is 5.91 Å². The fourth-order valence-corrected chi connectivity index (χ4v) is 4.42. The third-order valence-corrected chi connectivity index (χ3v) is 5.68. The number of pyridine rings is 1. The van der Waals surface area contributed by atoms with Gasteiger partial charge in [0.15, 0.2) is 5.75 Å². The number of hydrogen-bond acceptors (Lipinski definition) is 8. The molecule has 2 heterocycles. The van der Waals surface area contributed by atoms with Crippen molar-refractivity contribution in [2.45, 2.75) is 19.9 Å². The van der Waals surface area contributed by atoms with Gasteiger partial charge in [0, 0.05) is 13.2 Å².